The molecule has 1 fully saturated rings. The molecule has 2 aromatic rings. The van der Waals surface area contributed by atoms with E-state index in [0.29, 0.717) is 5.41 Å². The fourth-order valence-electron chi connectivity index (χ4n) is 4.02. The normalized spacial score (nSPS) is 22.0. The van der Waals surface area contributed by atoms with Crippen LogP contribution < -0.4 is 0 Å². The van der Waals surface area contributed by atoms with E-state index in [1.165, 1.54) is 45.4 Å². The van der Waals surface area contributed by atoms with Gasteiger partial charge in [-0.2, -0.15) is 0 Å². The van der Waals surface area contributed by atoms with E-state index >= 15 is 0 Å². The average molecular weight is 304 g/mol. The van der Waals surface area contributed by atoms with Crippen LogP contribution in [-0.4, -0.2) is 0 Å². The summed E-state index contributed by atoms with van der Waals surface area (Å²) in [5, 5.41) is 0. The van der Waals surface area contributed by atoms with Crippen LogP contribution in [0.5, 0.6) is 0 Å². The summed E-state index contributed by atoms with van der Waals surface area (Å²) in [6, 6.07) is 13.5. The van der Waals surface area contributed by atoms with Gasteiger partial charge in [0.1, 0.15) is 0 Å². The second-order valence-corrected chi connectivity index (χ2v) is 8.22. The Balaban J connectivity index is 2.28. The van der Waals surface area contributed by atoms with Gasteiger partial charge in [0.25, 0.3) is 0 Å². The summed E-state index contributed by atoms with van der Waals surface area (Å²) in [6.45, 7) is 18.0. The maximum absolute atomic E-state index is 4.31. The largest absolute Gasteiger partial charge is 0.0955 e. The van der Waals surface area contributed by atoms with Crippen LogP contribution in [0.2, 0.25) is 0 Å². The molecule has 0 aromatic heterocycles. The van der Waals surface area contributed by atoms with Crippen molar-refractivity contribution in [3.8, 4) is 11.1 Å². The first kappa shape index (κ1) is 16.1. The minimum absolute atomic E-state index is 0.259. The van der Waals surface area contributed by atoms with Crippen molar-refractivity contribution in [2.75, 3.05) is 0 Å². The quantitative estimate of drug-likeness (QED) is 0.592. The van der Waals surface area contributed by atoms with E-state index in [4.69, 9.17) is 0 Å². The fraction of sp³-hybridized carbons (Fsp3) is 0.391. The second kappa shape index (κ2) is 5.09. The molecule has 23 heavy (non-hydrogen) atoms. The number of rotatable bonds is 3. The van der Waals surface area contributed by atoms with Crippen LogP contribution in [0.4, 0.5) is 0 Å². The van der Waals surface area contributed by atoms with E-state index in [1.807, 2.05) is 0 Å². The Kier molecular flexibility index (Phi) is 3.55. The molecule has 0 nitrogen and oxygen atoms in total. The van der Waals surface area contributed by atoms with Gasteiger partial charge in [-0.05, 0) is 65.8 Å². The smallest absolute Gasteiger partial charge is 0.00122 e. The minimum Gasteiger partial charge on any atom is -0.0955 e. The van der Waals surface area contributed by atoms with Crippen molar-refractivity contribution in [2.45, 2.75) is 53.4 Å². The van der Waals surface area contributed by atoms with Crippen molar-refractivity contribution >= 4 is 5.57 Å². The summed E-state index contributed by atoms with van der Waals surface area (Å²) in [5.41, 5.74) is 9.93. The summed E-state index contributed by atoms with van der Waals surface area (Å²) in [4.78, 5) is 0. The van der Waals surface area contributed by atoms with E-state index in [1.54, 1.807) is 0 Å². The van der Waals surface area contributed by atoms with Crippen LogP contribution in [0.25, 0.3) is 16.7 Å². The van der Waals surface area contributed by atoms with Gasteiger partial charge in [0.15, 0.2) is 0 Å². The third-order valence-corrected chi connectivity index (χ3v) is 5.93. The van der Waals surface area contributed by atoms with E-state index < -0.39 is 0 Å². The van der Waals surface area contributed by atoms with Crippen molar-refractivity contribution in [3.05, 3.63) is 65.2 Å². The fourth-order valence-corrected chi connectivity index (χ4v) is 4.02. The summed E-state index contributed by atoms with van der Waals surface area (Å²) >= 11 is 0. The van der Waals surface area contributed by atoms with E-state index in [-0.39, 0.29) is 5.41 Å². The molecule has 3 rings (SSSR count). The second-order valence-electron chi connectivity index (χ2n) is 8.22. The lowest BCUT2D eigenvalue weighted by molar-refractivity contribution is 0.528. The van der Waals surface area contributed by atoms with Gasteiger partial charge < -0.3 is 0 Å². The Morgan fingerprint density at radius 1 is 1.00 bits per heavy atom. The zero-order chi connectivity index (χ0) is 17.0. The van der Waals surface area contributed by atoms with Crippen molar-refractivity contribution in [1.29, 1.82) is 0 Å². The molecule has 1 aliphatic carbocycles. The summed E-state index contributed by atoms with van der Waals surface area (Å²) in [5.74, 6) is 0. The molecule has 0 spiro atoms. The highest BCUT2D eigenvalue weighted by Gasteiger charge is 2.59. The Morgan fingerprint density at radius 3 is 2.22 bits per heavy atom. The number of benzene rings is 2. The highest BCUT2D eigenvalue weighted by molar-refractivity contribution is 5.84. The number of allylic oxidation sites excluding steroid dienone is 1. The predicted molar refractivity (Wildman–Crippen MR) is 102 cm³/mol. The molecule has 1 saturated carbocycles. The summed E-state index contributed by atoms with van der Waals surface area (Å²) in [7, 11) is 0. The Bertz CT molecular complexity index is 792. The molecule has 1 unspecified atom stereocenters. The molecule has 0 aliphatic heterocycles. The number of aryl methyl sites for hydroxylation is 2. The van der Waals surface area contributed by atoms with Crippen molar-refractivity contribution in [1.82, 2.24) is 0 Å². The molecule has 0 saturated heterocycles. The lowest BCUT2D eigenvalue weighted by atomic mass is 9.81. The van der Waals surface area contributed by atoms with Gasteiger partial charge in [-0.25, -0.2) is 0 Å². The summed E-state index contributed by atoms with van der Waals surface area (Å²) in [6.07, 6.45) is 1.25. The van der Waals surface area contributed by atoms with Crippen LogP contribution in [-0.2, 0) is 5.41 Å². The van der Waals surface area contributed by atoms with Gasteiger partial charge in [-0.3, -0.25) is 0 Å². The SMILES string of the molecule is C=C(C)c1c(-c2cc(C)ccc2C)cccc1C1(C)CC1(C)C. The van der Waals surface area contributed by atoms with Crippen LogP contribution in [0.15, 0.2) is 43.0 Å². The lowest BCUT2D eigenvalue weighted by Gasteiger charge is -2.23. The highest BCUT2D eigenvalue weighted by atomic mass is 14.6. The zero-order valence-corrected chi connectivity index (χ0v) is 15.4. The molecule has 2 aromatic carbocycles. The molecular weight excluding hydrogens is 276 g/mol. The van der Waals surface area contributed by atoms with E-state index in [2.05, 4.69) is 84.5 Å². The molecule has 0 heteroatoms. The van der Waals surface area contributed by atoms with Crippen molar-refractivity contribution < 1.29 is 0 Å². The molecule has 0 N–H and O–H groups in total. The van der Waals surface area contributed by atoms with Crippen LogP contribution >= 0.6 is 0 Å². The number of hydrogen-bond acceptors (Lipinski definition) is 0. The maximum atomic E-state index is 4.31. The van der Waals surface area contributed by atoms with Gasteiger partial charge in [0, 0.05) is 0 Å². The lowest BCUT2D eigenvalue weighted by Crippen LogP contribution is -2.12. The van der Waals surface area contributed by atoms with Gasteiger partial charge in [-0.15, -0.1) is 0 Å². The predicted octanol–water partition coefficient (Wildman–Crippen LogP) is 6.69. The minimum atomic E-state index is 0.259. The van der Waals surface area contributed by atoms with Crippen molar-refractivity contribution in [3.63, 3.8) is 0 Å². The van der Waals surface area contributed by atoms with Gasteiger partial charge in [0.2, 0.25) is 0 Å². The third-order valence-electron chi connectivity index (χ3n) is 5.93. The first-order chi connectivity index (χ1) is 10.7. The molecule has 0 radical (unpaired) electrons. The summed E-state index contributed by atoms with van der Waals surface area (Å²) < 4.78 is 0. The standard InChI is InChI=1S/C23H28/c1-15(2)21-18(19-13-16(3)11-12-17(19)4)9-8-10-20(21)23(7)14-22(23,5)6/h8-13H,1,14H2,2-7H3. The zero-order valence-electron chi connectivity index (χ0n) is 15.4. The van der Waals surface area contributed by atoms with Crippen LogP contribution in [0, 0.1) is 19.3 Å². The first-order valence-corrected chi connectivity index (χ1v) is 8.54. The highest BCUT2D eigenvalue weighted by Crippen LogP contribution is 2.65. The molecule has 1 atom stereocenters. The van der Waals surface area contributed by atoms with Gasteiger partial charge in [-0.1, -0.05) is 74.9 Å². The van der Waals surface area contributed by atoms with Crippen LogP contribution in [0.1, 0.15) is 56.4 Å². The van der Waals surface area contributed by atoms with E-state index in [9.17, 15) is 0 Å². The topological polar surface area (TPSA) is 0 Å². The maximum Gasteiger partial charge on any atom is -0.00122 e. The van der Waals surface area contributed by atoms with E-state index in [0.717, 1.165) is 0 Å². The van der Waals surface area contributed by atoms with Crippen LogP contribution in [0.3, 0.4) is 0 Å². The monoisotopic (exact) mass is 304 g/mol. The molecule has 120 valence electrons. The molecule has 0 amide bonds. The Labute approximate surface area is 141 Å². The molecule has 0 bridgehead atoms. The molecular formula is C23H28. The first-order valence-electron chi connectivity index (χ1n) is 8.54. The average Bonchev–Trinajstić information content (AvgIpc) is 3.00. The van der Waals surface area contributed by atoms with Gasteiger partial charge >= 0.3 is 0 Å². The Hall–Kier alpha value is -1.82. The van der Waals surface area contributed by atoms with Crippen molar-refractivity contribution in [2.24, 2.45) is 5.41 Å². The third kappa shape index (κ3) is 2.45. The number of hydrogen-bond donors (Lipinski definition) is 0. The molecule has 1 aliphatic rings. The molecule has 0 heterocycles. The Morgan fingerprint density at radius 2 is 1.65 bits per heavy atom. The van der Waals surface area contributed by atoms with Gasteiger partial charge in [0.05, 0.1) is 0 Å².